The van der Waals surface area contributed by atoms with E-state index in [-0.39, 0.29) is 36.8 Å². The highest BCUT2D eigenvalue weighted by molar-refractivity contribution is 6.03. The van der Waals surface area contributed by atoms with E-state index >= 15 is 0 Å². The number of aromatic nitrogens is 1. The lowest BCUT2D eigenvalue weighted by Crippen LogP contribution is -2.31. The standard InChI is InChI=1S/C24H29N3O5/c1-14(2)32-20-10-18-17(9-19(20)22(25)30)15(7-8-24(3,4)13-28)11-26-23(18)31-12-16-5-6-21(29)27-16/h9-11,14,16,28H,5-6,12-13H2,1-4H3,(H2,25,30)(H,27,29)/t16-/m0/s1. The van der Waals surface area contributed by atoms with Crippen LogP contribution in [0.25, 0.3) is 10.8 Å². The van der Waals surface area contributed by atoms with Crippen LogP contribution in [0.15, 0.2) is 18.3 Å². The molecule has 0 bridgehead atoms. The van der Waals surface area contributed by atoms with Crippen molar-refractivity contribution in [3.05, 3.63) is 29.5 Å². The van der Waals surface area contributed by atoms with Gasteiger partial charge in [-0.3, -0.25) is 9.59 Å². The number of primary amides is 1. The predicted molar refractivity (Wildman–Crippen MR) is 120 cm³/mol. The second kappa shape index (κ2) is 9.45. The Hall–Kier alpha value is -3.31. The molecule has 1 saturated heterocycles. The average Bonchev–Trinajstić information content (AvgIpc) is 3.15. The van der Waals surface area contributed by atoms with Gasteiger partial charge in [0.15, 0.2) is 0 Å². The molecule has 8 heteroatoms. The first-order valence-corrected chi connectivity index (χ1v) is 10.6. The van der Waals surface area contributed by atoms with Gasteiger partial charge in [0.05, 0.1) is 29.9 Å². The van der Waals surface area contributed by atoms with Gasteiger partial charge < -0.3 is 25.6 Å². The number of nitrogens with two attached hydrogens (primary N) is 1. The smallest absolute Gasteiger partial charge is 0.252 e. The van der Waals surface area contributed by atoms with Crippen molar-refractivity contribution >= 4 is 22.6 Å². The molecule has 32 heavy (non-hydrogen) atoms. The highest BCUT2D eigenvalue weighted by atomic mass is 16.5. The monoisotopic (exact) mass is 439 g/mol. The number of fused-ring (bicyclic) bond motifs is 1. The van der Waals surface area contributed by atoms with Gasteiger partial charge in [-0.1, -0.05) is 11.8 Å². The van der Waals surface area contributed by atoms with Crippen molar-refractivity contribution in [1.82, 2.24) is 10.3 Å². The van der Waals surface area contributed by atoms with Gasteiger partial charge >= 0.3 is 0 Å². The summed E-state index contributed by atoms with van der Waals surface area (Å²) >= 11 is 0. The van der Waals surface area contributed by atoms with E-state index in [1.54, 1.807) is 18.3 Å². The molecule has 1 aromatic carbocycles. The number of amides is 2. The molecule has 1 aliphatic heterocycles. The summed E-state index contributed by atoms with van der Waals surface area (Å²) < 4.78 is 11.8. The number of ether oxygens (including phenoxy) is 2. The molecular formula is C24H29N3O5. The summed E-state index contributed by atoms with van der Waals surface area (Å²) in [6, 6.07) is 3.24. The third-order valence-corrected chi connectivity index (χ3v) is 5.02. The molecule has 0 radical (unpaired) electrons. The molecule has 8 nitrogen and oxygen atoms in total. The maximum atomic E-state index is 12.1. The van der Waals surface area contributed by atoms with Crippen LogP contribution in [0.4, 0.5) is 0 Å². The van der Waals surface area contributed by atoms with Crippen molar-refractivity contribution in [1.29, 1.82) is 0 Å². The minimum Gasteiger partial charge on any atom is -0.490 e. The Morgan fingerprint density at radius 1 is 1.38 bits per heavy atom. The Morgan fingerprint density at radius 2 is 2.12 bits per heavy atom. The minimum absolute atomic E-state index is 0.00672. The van der Waals surface area contributed by atoms with Gasteiger partial charge in [0.25, 0.3) is 5.91 Å². The SMILES string of the molecule is CC(C)Oc1cc2c(OC[C@@H]3CCC(=O)N3)ncc(C#CC(C)(C)CO)c2cc1C(N)=O. The molecular weight excluding hydrogens is 410 g/mol. The van der Waals surface area contributed by atoms with Crippen LogP contribution in [-0.4, -0.2) is 47.3 Å². The van der Waals surface area contributed by atoms with Gasteiger partial charge in [-0.2, -0.15) is 0 Å². The fraction of sp³-hybridized carbons (Fsp3) is 0.458. The highest BCUT2D eigenvalue weighted by Crippen LogP contribution is 2.33. The van der Waals surface area contributed by atoms with Crippen LogP contribution in [0, 0.1) is 17.3 Å². The van der Waals surface area contributed by atoms with Crippen LogP contribution in [0.5, 0.6) is 11.6 Å². The van der Waals surface area contributed by atoms with Crippen LogP contribution in [0.2, 0.25) is 0 Å². The molecule has 3 rings (SSSR count). The van der Waals surface area contributed by atoms with E-state index in [1.807, 2.05) is 27.7 Å². The van der Waals surface area contributed by atoms with E-state index in [0.29, 0.717) is 40.8 Å². The second-order valence-electron chi connectivity index (χ2n) is 8.81. The molecule has 0 saturated carbocycles. The predicted octanol–water partition coefficient (Wildman–Crippen LogP) is 2.15. The Kier molecular flexibility index (Phi) is 6.90. The molecule has 170 valence electrons. The molecule has 1 fully saturated rings. The van der Waals surface area contributed by atoms with Crippen molar-refractivity contribution in [2.24, 2.45) is 11.1 Å². The largest absolute Gasteiger partial charge is 0.490 e. The number of pyridine rings is 1. The zero-order valence-corrected chi connectivity index (χ0v) is 18.8. The first kappa shape index (κ1) is 23.4. The number of hydrogen-bond acceptors (Lipinski definition) is 6. The summed E-state index contributed by atoms with van der Waals surface area (Å²) in [5.74, 6) is 6.16. The summed E-state index contributed by atoms with van der Waals surface area (Å²) in [6.45, 7) is 7.53. The van der Waals surface area contributed by atoms with Gasteiger partial charge in [-0.25, -0.2) is 4.98 Å². The number of nitrogens with one attached hydrogen (secondary N) is 1. The van der Waals surface area contributed by atoms with Crippen LogP contribution in [0.1, 0.15) is 56.5 Å². The Bertz CT molecular complexity index is 1100. The van der Waals surface area contributed by atoms with Gasteiger partial charge in [0.1, 0.15) is 12.4 Å². The van der Waals surface area contributed by atoms with E-state index in [2.05, 4.69) is 22.1 Å². The quantitative estimate of drug-likeness (QED) is 0.568. The summed E-state index contributed by atoms with van der Waals surface area (Å²) in [4.78, 5) is 28.0. The van der Waals surface area contributed by atoms with Crippen LogP contribution in [-0.2, 0) is 4.79 Å². The lowest BCUT2D eigenvalue weighted by Gasteiger charge is -2.17. The molecule has 2 amide bonds. The number of carbonyl (C=O) groups excluding carboxylic acids is 2. The number of aliphatic hydroxyl groups excluding tert-OH is 1. The Labute approximate surface area is 187 Å². The molecule has 0 spiro atoms. The number of benzene rings is 1. The van der Waals surface area contributed by atoms with Crippen molar-refractivity contribution in [3.8, 4) is 23.5 Å². The molecule has 1 aromatic heterocycles. The topological polar surface area (TPSA) is 124 Å². The zero-order valence-electron chi connectivity index (χ0n) is 18.8. The van der Waals surface area contributed by atoms with E-state index in [0.717, 1.165) is 0 Å². The van der Waals surface area contributed by atoms with Gasteiger partial charge in [0, 0.05) is 28.8 Å². The third kappa shape index (κ3) is 5.48. The number of carbonyl (C=O) groups is 2. The summed E-state index contributed by atoms with van der Waals surface area (Å²) in [5, 5.41) is 13.6. The molecule has 4 N–H and O–H groups in total. The fourth-order valence-corrected chi connectivity index (χ4v) is 3.26. The lowest BCUT2D eigenvalue weighted by molar-refractivity contribution is -0.119. The summed E-state index contributed by atoms with van der Waals surface area (Å²) in [5.41, 5.74) is 5.81. The second-order valence-corrected chi connectivity index (χ2v) is 8.81. The molecule has 1 aliphatic rings. The molecule has 0 aliphatic carbocycles. The highest BCUT2D eigenvalue weighted by Gasteiger charge is 2.23. The van der Waals surface area contributed by atoms with E-state index in [9.17, 15) is 14.7 Å². The summed E-state index contributed by atoms with van der Waals surface area (Å²) in [7, 11) is 0. The minimum atomic E-state index is -0.620. The van der Waals surface area contributed by atoms with Crippen LogP contribution >= 0.6 is 0 Å². The van der Waals surface area contributed by atoms with Crippen LogP contribution in [0.3, 0.4) is 0 Å². The number of hydrogen-bond donors (Lipinski definition) is 3. The van der Waals surface area contributed by atoms with Gasteiger partial charge in [-0.05, 0) is 46.2 Å². The fourth-order valence-electron chi connectivity index (χ4n) is 3.26. The maximum absolute atomic E-state index is 12.1. The maximum Gasteiger partial charge on any atom is 0.252 e. The number of rotatable bonds is 7. The number of nitrogens with zero attached hydrogens (tertiary/aromatic N) is 1. The Morgan fingerprint density at radius 3 is 2.72 bits per heavy atom. The molecule has 2 heterocycles. The molecule has 1 atom stereocenters. The zero-order chi connectivity index (χ0) is 23.5. The van der Waals surface area contributed by atoms with Gasteiger partial charge in [0.2, 0.25) is 11.8 Å². The van der Waals surface area contributed by atoms with Crippen molar-refractivity contribution in [2.45, 2.75) is 52.7 Å². The van der Waals surface area contributed by atoms with Crippen molar-refractivity contribution in [3.63, 3.8) is 0 Å². The van der Waals surface area contributed by atoms with Gasteiger partial charge in [-0.15, -0.1) is 0 Å². The van der Waals surface area contributed by atoms with E-state index in [1.165, 1.54) is 0 Å². The first-order valence-electron chi connectivity index (χ1n) is 10.6. The first-order chi connectivity index (χ1) is 15.1. The molecule has 2 aromatic rings. The van der Waals surface area contributed by atoms with E-state index in [4.69, 9.17) is 15.2 Å². The average molecular weight is 440 g/mol. The van der Waals surface area contributed by atoms with Crippen LogP contribution < -0.4 is 20.5 Å². The number of aliphatic hydroxyl groups is 1. The third-order valence-electron chi connectivity index (χ3n) is 5.02. The Balaban J connectivity index is 2.11. The lowest BCUT2D eigenvalue weighted by atomic mass is 9.95. The normalized spacial score (nSPS) is 15.9. The van der Waals surface area contributed by atoms with Crippen molar-refractivity contribution in [2.75, 3.05) is 13.2 Å². The van der Waals surface area contributed by atoms with Crippen molar-refractivity contribution < 1.29 is 24.2 Å². The summed E-state index contributed by atoms with van der Waals surface area (Å²) in [6.07, 6.45) is 2.57. The molecule has 0 unspecified atom stereocenters. The van der Waals surface area contributed by atoms with E-state index < -0.39 is 11.3 Å².